The second kappa shape index (κ2) is 11.1. The van der Waals surface area contributed by atoms with Crippen molar-refractivity contribution in [3.63, 3.8) is 0 Å². The fraction of sp³-hybridized carbons (Fsp3) is 0.364. The van der Waals surface area contributed by atoms with E-state index >= 15 is 0 Å². The van der Waals surface area contributed by atoms with Gasteiger partial charge in [0, 0.05) is 22.6 Å². The molecule has 0 heterocycles. The van der Waals surface area contributed by atoms with Gasteiger partial charge in [-0.25, -0.2) is 0 Å². The highest BCUT2D eigenvalue weighted by atomic mass is 35.5. The van der Waals surface area contributed by atoms with Crippen LogP contribution in [0.5, 0.6) is 5.75 Å². The van der Waals surface area contributed by atoms with Crippen LogP contribution in [0.1, 0.15) is 32.8 Å². The number of carbonyl (C=O) groups is 2. The summed E-state index contributed by atoms with van der Waals surface area (Å²) in [5, 5.41) is 4.05. The smallest absolute Gasteiger partial charge is 0.261 e. The minimum atomic E-state index is -0.679. The van der Waals surface area contributed by atoms with Crippen LogP contribution in [0.3, 0.4) is 0 Å². The largest absolute Gasteiger partial charge is 0.484 e. The molecule has 0 aliphatic rings. The first-order valence-electron chi connectivity index (χ1n) is 9.53. The van der Waals surface area contributed by atoms with Crippen LogP contribution in [0.2, 0.25) is 10.0 Å². The number of ether oxygens (including phenoxy) is 1. The molecule has 7 heteroatoms. The zero-order valence-electron chi connectivity index (χ0n) is 16.8. The Morgan fingerprint density at radius 1 is 1.07 bits per heavy atom. The van der Waals surface area contributed by atoms with E-state index in [0.29, 0.717) is 15.8 Å². The summed E-state index contributed by atoms with van der Waals surface area (Å²) in [6.45, 7) is 5.62. The maximum absolute atomic E-state index is 13.0. The third-order valence-corrected chi connectivity index (χ3v) is 5.26. The van der Waals surface area contributed by atoms with E-state index in [4.69, 9.17) is 27.9 Å². The van der Waals surface area contributed by atoms with Gasteiger partial charge in [0.1, 0.15) is 11.8 Å². The van der Waals surface area contributed by atoms with E-state index < -0.39 is 6.04 Å². The van der Waals surface area contributed by atoms with Gasteiger partial charge in [0.2, 0.25) is 5.91 Å². The van der Waals surface area contributed by atoms with Gasteiger partial charge in [0.05, 0.1) is 0 Å². The Morgan fingerprint density at radius 2 is 1.72 bits per heavy atom. The van der Waals surface area contributed by atoms with Gasteiger partial charge >= 0.3 is 0 Å². The molecule has 0 saturated carbocycles. The molecule has 2 atom stereocenters. The molecule has 2 aromatic rings. The molecule has 2 aromatic carbocycles. The SMILES string of the molecule is CC[C@@H](C)NC(=O)[C@H](C)N(Cc1ccccc1Cl)C(=O)COc1ccc(Cl)cc1. The van der Waals surface area contributed by atoms with E-state index in [-0.39, 0.29) is 31.0 Å². The molecule has 156 valence electrons. The second-order valence-corrected chi connectivity index (χ2v) is 7.69. The Labute approximate surface area is 181 Å². The number of amides is 2. The fourth-order valence-electron chi connectivity index (χ4n) is 2.62. The summed E-state index contributed by atoms with van der Waals surface area (Å²) in [7, 11) is 0. The molecule has 0 bridgehead atoms. The van der Waals surface area contributed by atoms with Crippen molar-refractivity contribution in [2.75, 3.05) is 6.61 Å². The molecule has 29 heavy (non-hydrogen) atoms. The molecule has 0 saturated heterocycles. The summed E-state index contributed by atoms with van der Waals surface area (Å²) >= 11 is 12.1. The zero-order chi connectivity index (χ0) is 21.4. The summed E-state index contributed by atoms with van der Waals surface area (Å²) in [4.78, 5) is 27.1. The lowest BCUT2D eigenvalue weighted by atomic mass is 10.1. The summed E-state index contributed by atoms with van der Waals surface area (Å²) in [6, 6.07) is 13.3. The van der Waals surface area contributed by atoms with Crippen molar-refractivity contribution in [3.8, 4) is 5.75 Å². The maximum Gasteiger partial charge on any atom is 0.261 e. The standard InChI is InChI=1S/C22H26Cl2N2O3/c1-4-15(2)25-22(28)16(3)26(13-17-7-5-6-8-20(17)24)21(27)14-29-19-11-9-18(23)10-12-19/h5-12,15-16H,4,13-14H2,1-3H3,(H,25,28)/t15-,16+/m1/s1. The Bertz CT molecular complexity index is 827. The van der Waals surface area contributed by atoms with Gasteiger partial charge in [0.25, 0.3) is 5.91 Å². The van der Waals surface area contributed by atoms with Gasteiger partial charge in [-0.1, -0.05) is 48.3 Å². The minimum Gasteiger partial charge on any atom is -0.484 e. The highest BCUT2D eigenvalue weighted by molar-refractivity contribution is 6.31. The minimum absolute atomic E-state index is 0.0209. The van der Waals surface area contributed by atoms with Crippen LogP contribution in [0.25, 0.3) is 0 Å². The van der Waals surface area contributed by atoms with Crippen LogP contribution in [-0.4, -0.2) is 35.4 Å². The van der Waals surface area contributed by atoms with Crippen LogP contribution in [0.15, 0.2) is 48.5 Å². The monoisotopic (exact) mass is 436 g/mol. The van der Waals surface area contributed by atoms with Crippen LogP contribution >= 0.6 is 23.2 Å². The fourth-order valence-corrected chi connectivity index (χ4v) is 2.94. The number of rotatable bonds is 9. The molecular weight excluding hydrogens is 411 g/mol. The van der Waals surface area contributed by atoms with Gasteiger partial charge in [-0.2, -0.15) is 0 Å². The Balaban J connectivity index is 2.15. The van der Waals surface area contributed by atoms with Gasteiger partial charge in [-0.05, 0) is 56.2 Å². The maximum atomic E-state index is 13.0. The Morgan fingerprint density at radius 3 is 2.34 bits per heavy atom. The molecule has 0 aliphatic carbocycles. The molecule has 1 N–H and O–H groups in total. The number of nitrogens with zero attached hydrogens (tertiary/aromatic N) is 1. The van der Waals surface area contributed by atoms with Gasteiger partial charge in [-0.15, -0.1) is 0 Å². The van der Waals surface area contributed by atoms with Crippen LogP contribution in [0, 0.1) is 0 Å². The quantitative estimate of drug-likeness (QED) is 0.619. The van der Waals surface area contributed by atoms with Crippen LogP contribution in [-0.2, 0) is 16.1 Å². The van der Waals surface area contributed by atoms with E-state index in [1.807, 2.05) is 32.0 Å². The number of hydrogen-bond donors (Lipinski definition) is 1. The number of hydrogen-bond acceptors (Lipinski definition) is 3. The molecule has 0 unspecified atom stereocenters. The first-order chi connectivity index (χ1) is 13.8. The third-order valence-electron chi connectivity index (χ3n) is 4.64. The molecule has 0 aliphatic heterocycles. The van der Waals surface area contributed by atoms with E-state index in [9.17, 15) is 9.59 Å². The van der Waals surface area contributed by atoms with Crippen LogP contribution in [0.4, 0.5) is 0 Å². The molecule has 2 rings (SSSR count). The van der Waals surface area contributed by atoms with Crippen molar-refractivity contribution in [2.24, 2.45) is 0 Å². The molecule has 2 amide bonds. The second-order valence-electron chi connectivity index (χ2n) is 6.85. The van der Waals surface area contributed by atoms with Crippen molar-refractivity contribution < 1.29 is 14.3 Å². The third kappa shape index (κ3) is 6.94. The summed E-state index contributed by atoms with van der Waals surface area (Å²) in [6.07, 6.45) is 0.802. The highest BCUT2D eigenvalue weighted by Crippen LogP contribution is 2.20. The molecular formula is C22H26Cl2N2O3. The number of benzene rings is 2. The number of halogens is 2. The van der Waals surface area contributed by atoms with Crippen molar-refractivity contribution >= 4 is 35.0 Å². The highest BCUT2D eigenvalue weighted by Gasteiger charge is 2.27. The Kier molecular flexibility index (Phi) is 8.80. The normalized spacial score (nSPS) is 12.7. The van der Waals surface area contributed by atoms with Gasteiger partial charge in [0.15, 0.2) is 6.61 Å². The average Bonchev–Trinajstić information content (AvgIpc) is 2.71. The molecule has 0 radical (unpaired) electrons. The average molecular weight is 437 g/mol. The van der Waals surface area contributed by atoms with Crippen LogP contribution < -0.4 is 10.1 Å². The van der Waals surface area contributed by atoms with E-state index in [1.54, 1.807) is 37.3 Å². The van der Waals surface area contributed by atoms with Crippen molar-refractivity contribution in [3.05, 3.63) is 64.1 Å². The predicted molar refractivity (Wildman–Crippen MR) is 116 cm³/mol. The first-order valence-corrected chi connectivity index (χ1v) is 10.3. The lowest BCUT2D eigenvalue weighted by Crippen LogP contribution is -2.50. The number of nitrogens with one attached hydrogen (secondary N) is 1. The Hall–Kier alpha value is -2.24. The molecule has 0 spiro atoms. The zero-order valence-corrected chi connectivity index (χ0v) is 18.3. The van der Waals surface area contributed by atoms with Gasteiger partial charge < -0.3 is 15.0 Å². The lowest BCUT2D eigenvalue weighted by molar-refractivity contribution is -0.142. The van der Waals surface area contributed by atoms with Gasteiger partial charge in [-0.3, -0.25) is 9.59 Å². The topological polar surface area (TPSA) is 58.6 Å². The summed E-state index contributed by atoms with van der Waals surface area (Å²) in [5.41, 5.74) is 0.761. The van der Waals surface area contributed by atoms with Crippen molar-refractivity contribution in [1.29, 1.82) is 0 Å². The predicted octanol–water partition coefficient (Wildman–Crippen LogP) is 4.70. The molecule has 0 aromatic heterocycles. The van der Waals surface area contributed by atoms with E-state index in [0.717, 1.165) is 12.0 Å². The summed E-state index contributed by atoms with van der Waals surface area (Å²) in [5.74, 6) is -0.00456. The molecule has 5 nitrogen and oxygen atoms in total. The number of carbonyl (C=O) groups excluding carboxylic acids is 2. The first kappa shape index (κ1) is 23.0. The van der Waals surface area contributed by atoms with E-state index in [1.165, 1.54) is 4.90 Å². The van der Waals surface area contributed by atoms with Crippen molar-refractivity contribution in [1.82, 2.24) is 10.2 Å². The summed E-state index contributed by atoms with van der Waals surface area (Å²) < 4.78 is 5.59. The molecule has 0 fully saturated rings. The van der Waals surface area contributed by atoms with Crippen molar-refractivity contribution in [2.45, 2.75) is 45.8 Å². The van der Waals surface area contributed by atoms with E-state index in [2.05, 4.69) is 5.32 Å². The lowest BCUT2D eigenvalue weighted by Gasteiger charge is -2.30.